The van der Waals surface area contributed by atoms with Gasteiger partial charge in [-0.15, -0.1) is 0 Å². The lowest BCUT2D eigenvalue weighted by Crippen LogP contribution is -1.88. The smallest absolute Gasteiger partial charge is 0.0765 e. The summed E-state index contributed by atoms with van der Waals surface area (Å²) >= 11 is 0. The highest BCUT2D eigenvalue weighted by Gasteiger charge is 1.98. The van der Waals surface area contributed by atoms with E-state index in [1.165, 1.54) is 12.0 Å². The third-order valence-electron chi connectivity index (χ3n) is 1.98. The second-order valence-electron chi connectivity index (χ2n) is 2.89. The van der Waals surface area contributed by atoms with Crippen LogP contribution in [0.15, 0.2) is 30.3 Å². The SMILES string of the molecule is CCC(C)c1ccccc1.N=CN. The van der Waals surface area contributed by atoms with Gasteiger partial charge in [0.15, 0.2) is 0 Å². The lowest BCUT2D eigenvalue weighted by Gasteiger charge is -2.06. The first-order valence-corrected chi connectivity index (χ1v) is 4.51. The number of nitrogens with two attached hydrogens (primary N) is 1. The fraction of sp³-hybridized carbons (Fsp3) is 0.364. The molecule has 72 valence electrons. The van der Waals surface area contributed by atoms with Gasteiger partial charge in [0.25, 0.3) is 0 Å². The number of rotatable bonds is 2. The van der Waals surface area contributed by atoms with Crippen LogP contribution in [0.4, 0.5) is 0 Å². The van der Waals surface area contributed by atoms with Gasteiger partial charge in [0.1, 0.15) is 0 Å². The summed E-state index contributed by atoms with van der Waals surface area (Å²) in [6, 6.07) is 10.6. The van der Waals surface area contributed by atoms with Gasteiger partial charge >= 0.3 is 0 Å². The zero-order valence-electron chi connectivity index (χ0n) is 8.33. The Kier molecular flexibility index (Phi) is 6.60. The van der Waals surface area contributed by atoms with Gasteiger partial charge in [0.05, 0.1) is 6.34 Å². The molecular formula is C11H18N2. The summed E-state index contributed by atoms with van der Waals surface area (Å²) in [6.45, 7) is 4.48. The molecule has 1 atom stereocenters. The Morgan fingerprint density at radius 1 is 1.38 bits per heavy atom. The summed E-state index contributed by atoms with van der Waals surface area (Å²) in [5.74, 6) is 0.709. The van der Waals surface area contributed by atoms with E-state index < -0.39 is 0 Å². The fourth-order valence-electron chi connectivity index (χ4n) is 1.02. The van der Waals surface area contributed by atoms with Crippen LogP contribution in [-0.2, 0) is 0 Å². The van der Waals surface area contributed by atoms with Gasteiger partial charge in [-0.3, -0.25) is 5.41 Å². The van der Waals surface area contributed by atoms with E-state index >= 15 is 0 Å². The molecular weight excluding hydrogens is 160 g/mol. The molecule has 0 aliphatic rings. The highest BCUT2D eigenvalue weighted by atomic mass is 14.6. The topological polar surface area (TPSA) is 49.9 Å². The Morgan fingerprint density at radius 2 is 1.85 bits per heavy atom. The standard InChI is InChI=1S/C10H14.CH4N2/c1-3-9(2)10-7-5-4-6-8-10;2-1-3/h4-9H,3H2,1-2H3;1H,(H3,2,3). The van der Waals surface area contributed by atoms with Crippen molar-refractivity contribution in [3.05, 3.63) is 35.9 Å². The molecule has 1 unspecified atom stereocenters. The first kappa shape index (κ1) is 11.7. The normalized spacial score (nSPS) is 10.9. The second-order valence-corrected chi connectivity index (χ2v) is 2.89. The quantitative estimate of drug-likeness (QED) is 0.531. The van der Waals surface area contributed by atoms with E-state index in [9.17, 15) is 0 Å². The summed E-state index contributed by atoms with van der Waals surface area (Å²) in [6.07, 6.45) is 1.98. The van der Waals surface area contributed by atoms with Crippen LogP contribution < -0.4 is 5.73 Å². The third-order valence-corrected chi connectivity index (χ3v) is 1.98. The molecule has 1 aromatic rings. The monoisotopic (exact) mass is 178 g/mol. The molecule has 2 nitrogen and oxygen atoms in total. The van der Waals surface area contributed by atoms with E-state index in [0.29, 0.717) is 5.92 Å². The second kappa shape index (κ2) is 7.35. The van der Waals surface area contributed by atoms with E-state index in [4.69, 9.17) is 5.41 Å². The molecule has 0 aliphatic carbocycles. The minimum absolute atomic E-state index is 0.709. The van der Waals surface area contributed by atoms with Gasteiger partial charge in [-0.05, 0) is 17.9 Å². The van der Waals surface area contributed by atoms with Gasteiger partial charge in [0, 0.05) is 0 Å². The maximum Gasteiger partial charge on any atom is 0.0765 e. The Balaban J connectivity index is 0.000000424. The van der Waals surface area contributed by atoms with Gasteiger partial charge in [-0.1, -0.05) is 44.2 Å². The van der Waals surface area contributed by atoms with Crippen molar-refractivity contribution in [3.8, 4) is 0 Å². The lowest BCUT2D eigenvalue weighted by atomic mass is 9.99. The number of nitrogens with one attached hydrogen (secondary N) is 1. The van der Waals surface area contributed by atoms with Crippen molar-refractivity contribution in [2.45, 2.75) is 26.2 Å². The summed E-state index contributed by atoms with van der Waals surface area (Å²) in [4.78, 5) is 0. The molecule has 3 N–H and O–H groups in total. The molecule has 0 aliphatic heterocycles. The number of hydrogen-bond acceptors (Lipinski definition) is 1. The number of benzene rings is 1. The molecule has 0 fully saturated rings. The van der Waals surface area contributed by atoms with Crippen molar-refractivity contribution in [2.24, 2.45) is 5.73 Å². The molecule has 0 saturated heterocycles. The number of hydrogen-bond donors (Lipinski definition) is 2. The average molecular weight is 178 g/mol. The predicted octanol–water partition coefficient (Wildman–Crippen LogP) is 2.75. The molecule has 13 heavy (non-hydrogen) atoms. The molecule has 1 aromatic carbocycles. The summed E-state index contributed by atoms with van der Waals surface area (Å²) in [5.41, 5.74) is 5.84. The maximum atomic E-state index is 5.86. The average Bonchev–Trinajstić information content (AvgIpc) is 2.19. The highest BCUT2D eigenvalue weighted by Crippen LogP contribution is 2.16. The molecule has 2 heteroatoms. The van der Waals surface area contributed by atoms with Gasteiger partial charge in [-0.2, -0.15) is 0 Å². The molecule has 1 rings (SSSR count). The summed E-state index contributed by atoms with van der Waals surface area (Å²) < 4.78 is 0. The molecule has 0 saturated carbocycles. The Morgan fingerprint density at radius 3 is 2.23 bits per heavy atom. The van der Waals surface area contributed by atoms with Crippen molar-refractivity contribution in [1.82, 2.24) is 0 Å². The van der Waals surface area contributed by atoms with E-state index in [-0.39, 0.29) is 0 Å². The Bertz CT molecular complexity index is 219. The Hall–Kier alpha value is -1.31. The first-order chi connectivity index (χ1) is 6.26. The molecule has 0 bridgehead atoms. The largest absolute Gasteiger partial charge is 0.390 e. The van der Waals surface area contributed by atoms with Crippen molar-refractivity contribution >= 4 is 6.34 Å². The highest BCUT2D eigenvalue weighted by molar-refractivity contribution is 5.46. The summed E-state index contributed by atoms with van der Waals surface area (Å²) in [7, 11) is 0. The minimum Gasteiger partial charge on any atom is -0.390 e. The van der Waals surface area contributed by atoms with E-state index in [1.807, 2.05) is 0 Å². The zero-order valence-corrected chi connectivity index (χ0v) is 8.33. The van der Waals surface area contributed by atoms with Crippen LogP contribution in [0.3, 0.4) is 0 Å². The minimum atomic E-state index is 0.709. The van der Waals surface area contributed by atoms with Crippen molar-refractivity contribution in [2.75, 3.05) is 0 Å². The Labute approximate surface area is 80.3 Å². The van der Waals surface area contributed by atoms with Gasteiger partial charge in [0.2, 0.25) is 0 Å². The van der Waals surface area contributed by atoms with Gasteiger partial charge < -0.3 is 5.73 Å². The maximum absolute atomic E-state index is 5.86. The van der Waals surface area contributed by atoms with Crippen LogP contribution in [0.2, 0.25) is 0 Å². The van der Waals surface area contributed by atoms with E-state index in [1.54, 1.807) is 0 Å². The first-order valence-electron chi connectivity index (χ1n) is 4.51. The van der Waals surface area contributed by atoms with Crippen LogP contribution in [0.1, 0.15) is 31.7 Å². The zero-order chi connectivity index (χ0) is 10.1. The van der Waals surface area contributed by atoms with Crippen molar-refractivity contribution in [3.63, 3.8) is 0 Å². The fourth-order valence-corrected chi connectivity index (χ4v) is 1.02. The van der Waals surface area contributed by atoms with Crippen molar-refractivity contribution < 1.29 is 0 Å². The molecule has 0 amide bonds. The molecule has 0 aromatic heterocycles. The molecule has 0 spiro atoms. The predicted molar refractivity (Wildman–Crippen MR) is 58.1 cm³/mol. The molecule has 0 heterocycles. The third kappa shape index (κ3) is 5.01. The van der Waals surface area contributed by atoms with Crippen LogP contribution in [0, 0.1) is 5.41 Å². The van der Waals surface area contributed by atoms with Crippen LogP contribution in [-0.4, -0.2) is 6.34 Å². The lowest BCUT2D eigenvalue weighted by molar-refractivity contribution is 0.733. The van der Waals surface area contributed by atoms with Gasteiger partial charge in [-0.25, -0.2) is 0 Å². The van der Waals surface area contributed by atoms with Crippen LogP contribution in [0.25, 0.3) is 0 Å². The van der Waals surface area contributed by atoms with E-state index in [2.05, 4.69) is 49.9 Å². The van der Waals surface area contributed by atoms with Crippen LogP contribution >= 0.6 is 0 Å². The van der Waals surface area contributed by atoms with Crippen LogP contribution in [0.5, 0.6) is 0 Å². The van der Waals surface area contributed by atoms with Crippen molar-refractivity contribution in [1.29, 1.82) is 5.41 Å². The van der Waals surface area contributed by atoms with E-state index in [0.717, 1.165) is 6.34 Å². The summed E-state index contributed by atoms with van der Waals surface area (Å²) in [5, 5.41) is 5.86. The molecule has 0 radical (unpaired) electrons.